The maximum atomic E-state index is 13.4. The molecule has 202 valence electrons. The Kier molecular flexibility index (Phi) is 5.50. The largest absolute Gasteiger partial charge is 0.490 e. The third kappa shape index (κ3) is 4.35. The van der Waals surface area contributed by atoms with Gasteiger partial charge in [-0.3, -0.25) is 14.0 Å². The van der Waals surface area contributed by atoms with Crippen molar-refractivity contribution in [3.8, 4) is 5.75 Å². The van der Waals surface area contributed by atoms with E-state index in [9.17, 15) is 18.4 Å². The monoisotopic (exact) mass is 533 g/mol. The van der Waals surface area contributed by atoms with Crippen molar-refractivity contribution < 1.29 is 18.3 Å². The van der Waals surface area contributed by atoms with Gasteiger partial charge in [0.05, 0.1) is 23.4 Å². The number of aromatic amines is 1. The molecule has 0 saturated heterocycles. The molecule has 3 aliphatic rings. The number of alkyl halides is 2. The molecule has 39 heavy (non-hydrogen) atoms. The molecule has 2 N–H and O–H groups in total. The third-order valence-electron chi connectivity index (χ3n) is 8.85. The molecule has 1 aromatic carbocycles. The predicted molar refractivity (Wildman–Crippen MR) is 140 cm³/mol. The van der Waals surface area contributed by atoms with Crippen LogP contribution in [0.15, 0.2) is 53.6 Å². The number of benzene rings is 1. The molecular formula is C29H29F2N5O3. The van der Waals surface area contributed by atoms with E-state index in [1.807, 2.05) is 24.3 Å². The first-order chi connectivity index (χ1) is 18.8. The van der Waals surface area contributed by atoms with Gasteiger partial charge in [0.2, 0.25) is 5.92 Å². The number of pyridine rings is 1. The number of rotatable bonds is 5. The standard InChI is InChI=1S/C29H29F2N5O3/c30-29(31)8-5-19(6-9-29)39-20-7-10-36-23(16-32-24(36)11-20)27(38)33-18-14-28(15-18)12-17(13-28)25-21-3-1-2-4-22(21)26(37)35-34-25/h1-4,7,10-11,16-19H,5-6,8-9,12-15H2,(H,33,38)(H,35,37). The van der Waals surface area contributed by atoms with Crippen LogP contribution in [0.3, 0.4) is 0 Å². The van der Waals surface area contributed by atoms with Gasteiger partial charge >= 0.3 is 0 Å². The van der Waals surface area contributed by atoms with Crippen LogP contribution in [0.2, 0.25) is 0 Å². The molecule has 8 nitrogen and oxygen atoms in total. The molecule has 4 aromatic rings. The Morgan fingerprint density at radius 3 is 2.59 bits per heavy atom. The molecule has 1 spiro atoms. The number of hydrogen-bond donors (Lipinski definition) is 2. The summed E-state index contributed by atoms with van der Waals surface area (Å²) in [4.78, 5) is 29.5. The van der Waals surface area contributed by atoms with Crippen LogP contribution in [-0.2, 0) is 0 Å². The van der Waals surface area contributed by atoms with Gasteiger partial charge in [-0.1, -0.05) is 18.2 Å². The van der Waals surface area contributed by atoms with Crippen LogP contribution in [0.1, 0.15) is 73.5 Å². The first kappa shape index (κ1) is 24.2. The molecular weight excluding hydrogens is 504 g/mol. The third-order valence-corrected chi connectivity index (χ3v) is 8.85. The van der Waals surface area contributed by atoms with Crippen molar-refractivity contribution in [1.82, 2.24) is 24.9 Å². The van der Waals surface area contributed by atoms with Crippen LogP contribution in [0.25, 0.3) is 16.4 Å². The molecule has 0 aliphatic heterocycles. The molecule has 1 amide bonds. The number of nitrogens with one attached hydrogen (secondary N) is 2. The van der Waals surface area contributed by atoms with E-state index in [-0.39, 0.29) is 41.9 Å². The summed E-state index contributed by atoms with van der Waals surface area (Å²) in [7, 11) is 0. The summed E-state index contributed by atoms with van der Waals surface area (Å²) in [6.45, 7) is 0. The average Bonchev–Trinajstić information content (AvgIpc) is 3.30. The number of fused-ring (bicyclic) bond motifs is 2. The van der Waals surface area contributed by atoms with E-state index in [2.05, 4.69) is 20.5 Å². The van der Waals surface area contributed by atoms with Crippen molar-refractivity contribution in [3.63, 3.8) is 0 Å². The molecule has 3 aliphatic carbocycles. The van der Waals surface area contributed by atoms with E-state index in [4.69, 9.17) is 4.74 Å². The Balaban J connectivity index is 0.955. The molecule has 7 rings (SSSR count). The van der Waals surface area contributed by atoms with Gasteiger partial charge in [0, 0.05) is 42.5 Å². The predicted octanol–water partition coefficient (Wildman–Crippen LogP) is 4.98. The number of ether oxygens (including phenoxy) is 1. The van der Waals surface area contributed by atoms with Gasteiger partial charge in [0.15, 0.2) is 0 Å². The van der Waals surface area contributed by atoms with Gasteiger partial charge in [-0.05, 0) is 56.1 Å². The smallest absolute Gasteiger partial charge is 0.272 e. The van der Waals surface area contributed by atoms with E-state index in [0.717, 1.165) is 36.8 Å². The Bertz CT molecular complexity index is 1620. The SMILES string of the molecule is O=C(NC1CC2(C1)CC(c1n[nH]c(=O)c3ccccc13)C2)c1cnc2cc(OC3CCC(F)(F)CC3)ccn12. The van der Waals surface area contributed by atoms with Gasteiger partial charge in [-0.15, -0.1) is 0 Å². The second kappa shape index (κ2) is 8.86. The van der Waals surface area contributed by atoms with Crippen molar-refractivity contribution in [1.29, 1.82) is 0 Å². The molecule has 3 fully saturated rings. The quantitative estimate of drug-likeness (QED) is 0.377. The highest BCUT2D eigenvalue weighted by atomic mass is 19.3. The maximum Gasteiger partial charge on any atom is 0.272 e. The minimum absolute atomic E-state index is 0.108. The van der Waals surface area contributed by atoms with Gasteiger partial charge in [-0.2, -0.15) is 5.10 Å². The van der Waals surface area contributed by atoms with Crippen LogP contribution in [0.4, 0.5) is 8.78 Å². The maximum absolute atomic E-state index is 13.4. The molecule has 0 unspecified atom stereocenters. The molecule has 3 aromatic heterocycles. The number of imidazole rings is 1. The second-order valence-electron chi connectivity index (χ2n) is 11.6. The van der Waals surface area contributed by atoms with E-state index < -0.39 is 5.92 Å². The number of hydrogen-bond acceptors (Lipinski definition) is 5. The Labute approximate surface area is 222 Å². The molecule has 0 radical (unpaired) electrons. The van der Waals surface area contributed by atoms with E-state index in [1.54, 1.807) is 28.9 Å². The number of aromatic nitrogens is 4. The van der Waals surface area contributed by atoms with Crippen LogP contribution >= 0.6 is 0 Å². The lowest BCUT2D eigenvalue weighted by Crippen LogP contribution is -2.55. The van der Waals surface area contributed by atoms with Crippen LogP contribution < -0.4 is 15.6 Å². The average molecular weight is 534 g/mol. The fourth-order valence-electron chi connectivity index (χ4n) is 6.83. The van der Waals surface area contributed by atoms with Crippen LogP contribution in [0, 0.1) is 5.41 Å². The minimum Gasteiger partial charge on any atom is -0.490 e. The lowest BCUT2D eigenvalue weighted by atomic mass is 9.49. The fourth-order valence-corrected chi connectivity index (χ4v) is 6.83. The Hall–Kier alpha value is -3.82. The zero-order chi connectivity index (χ0) is 26.8. The first-order valence-corrected chi connectivity index (χ1v) is 13.6. The lowest BCUT2D eigenvalue weighted by molar-refractivity contribution is -0.0582. The molecule has 3 heterocycles. The summed E-state index contributed by atoms with van der Waals surface area (Å²) < 4.78 is 34.5. The lowest BCUT2D eigenvalue weighted by Gasteiger charge is -2.57. The van der Waals surface area contributed by atoms with E-state index in [0.29, 0.717) is 41.2 Å². The van der Waals surface area contributed by atoms with Crippen molar-refractivity contribution in [2.75, 3.05) is 0 Å². The highest BCUT2D eigenvalue weighted by Gasteiger charge is 2.54. The van der Waals surface area contributed by atoms with E-state index in [1.165, 1.54) is 0 Å². The fraction of sp³-hybridized carbons (Fsp3) is 0.448. The number of halogens is 2. The first-order valence-electron chi connectivity index (χ1n) is 13.6. The number of amides is 1. The highest BCUT2D eigenvalue weighted by molar-refractivity contribution is 5.93. The van der Waals surface area contributed by atoms with Crippen molar-refractivity contribution in [2.45, 2.75) is 75.4 Å². The summed E-state index contributed by atoms with van der Waals surface area (Å²) in [6, 6.07) is 11.2. The molecule has 0 bridgehead atoms. The summed E-state index contributed by atoms with van der Waals surface area (Å²) in [5.74, 6) is -1.88. The Morgan fingerprint density at radius 2 is 1.82 bits per heavy atom. The number of carbonyl (C=O) groups is 1. The number of nitrogens with zero attached hydrogens (tertiary/aromatic N) is 3. The topological polar surface area (TPSA) is 101 Å². The summed E-state index contributed by atoms with van der Waals surface area (Å²) in [5, 5.41) is 11.8. The zero-order valence-electron chi connectivity index (χ0n) is 21.3. The summed E-state index contributed by atoms with van der Waals surface area (Å²) in [6.07, 6.45) is 7.23. The van der Waals surface area contributed by atoms with Crippen molar-refractivity contribution in [2.24, 2.45) is 5.41 Å². The van der Waals surface area contributed by atoms with Gasteiger partial charge in [0.25, 0.3) is 11.5 Å². The molecule has 10 heteroatoms. The van der Waals surface area contributed by atoms with Gasteiger partial charge in [0.1, 0.15) is 17.1 Å². The number of H-pyrrole nitrogens is 1. The van der Waals surface area contributed by atoms with Crippen LogP contribution in [-0.4, -0.2) is 43.6 Å². The van der Waals surface area contributed by atoms with Crippen LogP contribution in [0.5, 0.6) is 5.75 Å². The molecule has 3 saturated carbocycles. The second-order valence-corrected chi connectivity index (χ2v) is 11.6. The van der Waals surface area contributed by atoms with Gasteiger partial charge < -0.3 is 10.1 Å². The number of carbonyl (C=O) groups excluding carboxylic acids is 1. The summed E-state index contributed by atoms with van der Waals surface area (Å²) >= 11 is 0. The van der Waals surface area contributed by atoms with Gasteiger partial charge in [-0.25, -0.2) is 18.9 Å². The normalized spacial score (nSPS) is 26.3. The summed E-state index contributed by atoms with van der Waals surface area (Å²) in [5.41, 5.74) is 2.04. The highest BCUT2D eigenvalue weighted by Crippen LogP contribution is 2.62. The van der Waals surface area contributed by atoms with E-state index >= 15 is 0 Å². The minimum atomic E-state index is -2.59. The molecule has 0 atom stereocenters. The Morgan fingerprint density at radius 1 is 1.08 bits per heavy atom. The van der Waals surface area contributed by atoms with Crippen molar-refractivity contribution >= 4 is 22.3 Å². The van der Waals surface area contributed by atoms with Crippen molar-refractivity contribution in [3.05, 3.63) is 70.5 Å². The zero-order valence-corrected chi connectivity index (χ0v) is 21.3.